The van der Waals surface area contributed by atoms with Gasteiger partial charge >= 0.3 is 6.09 Å². The second-order valence-corrected chi connectivity index (χ2v) is 2.74. The largest absolute Gasteiger partial charge is 0.452 e. The molecule has 0 atom stereocenters. The highest BCUT2D eigenvalue weighted by atomic mass is 16.5. The normalized spacial score (nSPS) is 14.1. The zero-order chi connectivity index (χ0) is 9.26. The van der Waals surface area contributed by atoms with Crippen LogP contribution in [0.3, 0.4) is 0 Å². The molecule has 1 amide bonds. The number of hydrogen-bond donors (Lipinski definition) is 0. The summed E-state index contributed by atoms with van der Waals surface area (Å²) in [6, 6.07) is 3.78. The third kappa shape index (κ3) is 1.20. The monoisotopic (exact) mass is 178 g/mol. The highest BCUT2D eigenvalue weighted by molar-refractivity contribution is 5.88. The Morgan fingerprint density at radius 2 is 2.46 bits per heavy atom. The van der Waals surface area contributed by atoms with E-state index in [-0.39, 0.29) is 6.09 Å². The van der Waals surface area contributed by atoms with E-state index in [0.717, 1.165) is 12.4 Å². The molecule has 0 spiro atoms. The van der Waals surface area contributed by atoms with Crippen molar-refractivity contribution in [2.24, 2.45) is 0 Å². The van der Waals surface area contributed by atoms with Gasteiger partial charge in [-0.1, -0.05) is 0 Å². The van der Waals surface area contributed by atoms with Gasteiger partial charge in [-0.2, -0.15) is 0 Å². The average Bonchev–Trinajstić information content (AvgIpc) is 2.63. The minimum absolute atomic E-state index is 0.365. The van der Waals surface area contributed by atoms with E-state index in [1.807, 2.05) is 29.0 Å². The van der Waals surface area contributed by atoms with Crippen LogP contribution < -0.4 is 4.90 Å². The third-order valence-electron chi connectivity index (χ3n) is 1.98. The van der Waals surface area contributed by atoms with Crippen LogP contribution >= 0.6 is 0 Å². The summed E-state index contributed by atoms with van der Waals surface area (Å²) >= 11 is 0. The van der Waals surface area contributed by atoms with Crippen molar-refractivity contribution >= 4 is 11.9 Å². The number of methoxy groups -OCH3 is 1. The molecule has 2 heterocycles. The van der Waals surface area contributed by atoms with E-state index >= 15 is 0 Å². The van der Waals surface area contributed by atoms with Crippen molar-refractivity contribution in [2.75, 3.05) is 12.0 Å². The molecule has 0 saturated carbocycles. The topological polar surface area (TPSA) is 34.5 Å². The highest BCUT2D eigenvalue weighted by Crippen LogP contribution is 2.20. The van der Waals surface area contributed by atoms with Gasteiger partial charge in [-0.05, 0) is 18.2 Å². The van der Waals surface area contributed by atoms with Gasteiger partial charge in [0.15, 0.2) is 0 Å². The van der Waals surface area contributed by atoms with Crippen LogP contribution in [-0.2, 0) is 11.3 Å². The lowest BCUT2D eigenvalue weighted by atomic mass is 10.4. The molecule has 0 fully saturated rings. The average molecular weight is 178 g/mol. The van der Waals surface area contributed by atoms with Crippen LogP contribution in [0.4, 0.5) is 10.6 Å². The zero-order valence-corrected chi connectivity index (χ0v) is 7.30. The van der Waals surface area contributed by atoms with Gasteiger partial charge in [-0.15, -0.1) is 0 Å². The van der Waals surface area contributed by atoms with Crippen LogP contribution in [-0.4, -0.2) is 17.8 Å². The van der Waals surface area contributed by atoms with Crippen LogP contribution in [0.2, 0.25) is 0 Å². The van der Waals surface area contributed by atoms with Gasteiger partial charge in [-0.3, -0.25) is 0 Å². The number of rotatable bonds is 0. The first-order valence-electron chi connectivity index (χ1n) is 4.02. The Labute approximate surface area is 76.0 Å². The fourth-order valence-corrected chi connectivity index (χ4v) is 1.37. The number of aromatic nitrogens is 1. The smallest absolute Gasteiger partial charge is 0.419 e. The molecular weight excluding hydrogens is 168 g/mol. The molecule has 1 aliphatic rings. The van der Waals surface area contributed by atoms with Crippen molar-refractivity contribution in [1.82, 2.24) is 4.57 Å². The summed E-state index contributed by atoms with van der Waals surface area (Å²) in [6.45, 7) is 0.801. The predicted molar refractivity (Wildman–Crippen MR) is 48.5 cm³/mol. The summed E-state index contributed by atoms with van der Waals surface area (Å²) in [5.74, 6) is 0.842. The van der Waals surface area contributed by atoms with Crippen molar-refractivity contribution in [2.45, 2.75) is 6.54 Å². The summed E-state index contributed by atoms with van der Waals surface area (Å²) in [7, 11) is 1.37. The van der Waals surface area contributed by atoms with Crippen molar-refractivity contribution in [3.8, 4) is 0 Å². The van der Waals surface area contributed by atoms with Crippen molar-refractivity contribution in [3.63, 3.8) is 0 Å². The number of carbonyl (C=O) groups is 1. The molecule has 0 N–H and O–H groups in total. The lowest BCUT2D eigenvalue weighted by Crippen LogP contribution is -2.29. The fraction of sp³-hybridized carbons (Fsp3) is 0.222. The van der Waals surface area contributed by atoms with E-state index in [1.54, 1.807) is 6.20 Å². The van der Waals surface area contributed by atoms with Gasteiger partial charge < -0.3 is 9.30 Å². The number of hydrogen-bond acceptors (Lipinski definition) is 2. The minimum Gasteiger partial charge on any atom is -0.452 e. The quantitative estimate of drug-likeness (QED) is 0.604. The second-order valence-electron chi connectivity index (χ2n) is 2.74. The van der Waals surface area contributed by atoms with Gasteiger partial charge in [0, 0.05) is 18.9 Å². The van der Waals surface area contributed by atoms with Crippen molar-refractivity contribution < 1.29 is 9.53 Å². The highest BCUT2D eigenvalue weighted by Gasteiger charge is 2.18. The molecule has 0 radical (unpaired) electrons. The summed E-state index contributed by atoms with van der Waals surface area (Å²) in [5, 5.41) is 0. The summed E-state index contributed by atoms with van der Waals surface area (Å²) in [4.78, 5) is 12.7. The standard InChI is InChI=1S/C9H10N2O2/c1-13-9(12)11-7-3-6-10-5-2-4-8(10)11/h2-5,7H,6H2,1H3. The number of fused-ring (bicyclic) bond motifs is 1. The number of allylic oxidation sites excluding steroid dienone is 1. The first-order chi connectivity index (χ1) is 6.33. The predicted octanol–water partition coefficient (Wildman–Crippen LogP) is 1.59. The van der Waals surface area contributed by atoms with Crippen LogP contribution in [0.15, 0.2) is 30.6 Å². The molecule has 0 bridgehead atoms. The zero-order valence-electron chi connectivity index (χ0n) is 7.30. The van der Waals surface area contributed by atoms with Gasteiger partial charge in [0.2, 0.25) is 0 Å². The number of amides is 1. The number of nitrogens with zero attached hydrogens (tertiary/aromatic N) is 2. The van der Waals surface area contributed by atoms with E-state index < -0.39 is 0 Å². The molecule has 1 aliphatic heterocycles. The Bertz CT molecular complexity index is 354. The van der Waals surface area contributed by atoms with E-state index in [1.165, 1.54) is 12.0 Å². The van der Waals surface area contributed by atoms with Crippen molar-refractivity contribution in [1.29, 1.82) is 0 Å². The molecule has 2 rings (SSSR count). The molecule has 0 saturated heterocycles. The van der Waals surface area contributed by atoms with Gasteiger partial charge in [0.05, 0.1) is 7.11 Å². The maximum atomic E-state index is 11.3. The Kier molecular flexibility index (Phi) is 1.81. The van der Waals surface area contributed by atoms with Crippen LogP contribution in [0, 0.1) is 0 Å². The summed E-state index contributed by atoms with van der Waals surface area (Å²) in [5.41, 5.74) is 0. The molecule has 0 aromatic carbocycles. The molecule has 0 aliphatic carbocycles. The van der Waals surface area contributed by atoms with Crippen LogP contribution in [0.5, 0.6) is 0 Å². The van der Waals surface area contributed by atoms with Crippen LogP contribution in [0.1, 0.15) is 0 Å². The molecule has 13 heavy (non-hydrogen) atoms. The van der Waals surface area contributed by atoms with Gasteiger partial charge in [0.1, 0.15) is 5.82 Å². The van der Waals surface area contributed by atoms with E-state index in [4.69, 9.17) is 0 Å². The Morgan fingerprint density at radius 3 is 3.23 bits per heavy atom. The molecular formula is C9H10N2O2. The first-order valence-corrected chi connectivity index (χ1v) is 4.02. The first kappa shape index (κ1) is 7.91. The molecule has 0 unspecified atom stereocenters. The summed E-state index contributed by atoms with van der Waals surface area (Å²) in [6.07, 6.45) is 5.19. The second kappa shape index (κ2) is 2.97. The SMILES string of the molecule is COC(=O)N1C=CCn2cccc21. The molecule has 4 nitrogen and oxygen atoms in total. The van der Waals surface area contributed by atoms with E-state index in [0.29, 0.717) is 0 Å². The van der Waals surface area contributed by atoms with E-state index in [9.17, 15) is 4.79 Å². The Balaban J connectivity index is 2.35. The number of ether oxygens (including phenoxy) is 1. The lowest BCUT2D eigenvalue weighted by molar-refractivity contribution is 0.181. The maximum Gasteiger partial charge on any atom is 0.419 e. The van der Waals surface area contributed by atoms with Crippen molar-refractivity contribution in [3.05, 3.63) is 30.6 Å². The maximum absolute atomic E-state index is 11.3. The van der Waals surface area contributed by atoms with Crippen LogP contribution in [0.25, 0.3) is 0 Å². The number of carbonyl (C=O) groups excluding carboxylic acids is 1. The van der Waals surface area contributed by atoms with Gasteiger partial charge in [-0.25, -0.2) is 9.69 Å². The molecule has 4 heteroatoms. The fourth-order valence-electron chi connectivity index (χ4n) is 1.37. The minimum atomic E-state index is -0.365. The molecule has 68 valence electrons. The summed E-state index contributed by atoms with van der Waals surface area (Å²) < 4.78 is 6.61. The third-order valence-corrected chi connectivity index (χ3v) is 1.98. The number of anilines is 1. The molecule has 1 aromatic rings. The lowest BCUT2D eigenvalue weighted by Gasteiger charge is -2.21. The van der Waals surface area contributed by atoms with Gasteiger partial charge in [0.25, 0.3) is 0 Å². The van der Waals surface area contributed by atoms with E-state index in [2.05, 4.69) is 4.74 Å². The Morgan fingerprint density at radius 1 is 1.62 bits per heavy atom. The Hall–Kier alpha value is -1.71. The molecule has 1 aromatic heterocycles.